The highest BCUT2D eigenvalue weighted by atomic mass is 16.1. The maximum absolute atomic E-state index is 14.3. The molecule has 0 amide bonds. The van der Waals surface area contributed by atoms with Crippen LogP contribution in [0, 0.1) is 35.5 Å². The number of carbonyl (C=O) groups is 2. The van der Waals surface area contributed by atoms with E-state index in [1.54, 1.807) is 0 Å². The lowest BCUT2D eigenvalue weighted by atomic mass is 9.67. The molecule has 3 fully saturated rings. The van der Waals surface area contributed by atoms with Crippen LogP contribution in [0.2, 0.25) is 0 Å². The van der Waals surface area contributed by atoms with Gasteiger partial charge in [-0.2, -0.15) is 0 Å². The number of benzene rings is 3. The number of allylic oxidation sites excluding steroid dienone is 2. The molecule has 0 spiro atoms. The molecule has 7 unspecified atom stereocenters. The van der Waals surface area contributed by atoms with E-state index >= 15 is 0 Å². The van der Waals surface area contributed by atoms with Crippen LogP contribution in [0.4, 0.5) is 0 Å². The summed E-state index contributed by atoms with van der Waals surface area (Å²) in [4.78, 5) is 27.0. The van der Waals surface area contributed by atoms with E-state index in [-0.39, 0.29) is 17.6 Å². The van der Waals surface area contributed by atoms with Crippen LogP contribution in [0.25, 0.3) is 21.9 Å². The van der Waals surface area contributed by atoms with Gasteiger partial charge in [0.15, 0.2) is 5.78 Å². The molecule has 2 nitrogen and oxygen atoms in total. The number of fused-ring (bicyclic) bond motifs is 3. The minimum Gasteiger partial charge on any atom is -0.299 e. The third-order valence-electron chi connectivity index (χ3n) is 10.1. The smallest absolute Gasteiger partial charge is 0.158 e. The summed E-state index contributed by atoms with van der Waals surface area (Å²) in [5, 5.41) is 2.53. The van der Waals surface area contributed by atoms with Crippen LogP contribution in [-0.2, 0) is 9.59 Å². The van der Waals surface area contributed by atoms with Gasteiger partial charge in [0.1, 0.15) is 5.78 Å². The summed E-state index contributed by atoms with van der Waals surface area (Å²) in [7, 11) is 0. The molecule has 4 aliphatic rings. The van der Waals surface area contributed by atoms with E-state index in [4.69, 9.17) is 0 Å². The molecule has 3 aromatic carbocycles. The molecule has 36 heavy (non-hydrogen) atoms. The van der Waals surface area contributed by atoms with Gasteiger partial charge in [0.05, 0.1) is 0 Å². The molecular weight excluding hydrogens is 440 g/mol. The Bertz CT molecular complexity index is 1470. The SMILES string of the molecule is C=C(C)C(=O)CC1C2CC(=C)C3C2CC1C3C(=O)CC1c2ccccc2-c2cccc3cccc1c23. The molecule has 7 rings (SSSR count). The van der Waals surface area contributed by atoms with E-state index < -0.39 is 0 Å². The van der Waals surface area contributed by atoms with Crippen LogP contribution >= 0.6 is 0 Å². The Balaban J connectivity index is 1.27. The van der Waals surface area contributed by atoms with E-state index in [0.717, 1.165) is 12.8 Å². The van der Waals surface area contributed by atoms with Crippen molar-refractivity contribution in [3.05, 3.63) is 96.1 Å². The van der Waals surface area contributed by atoms with Gasteiger partial charge in [-0.1, -0.05) is 79.4 Å². The second-order valence-corrected chi connectivity index (χ2v) is 11.8. The lowest BCUT2D eigenvalue weighted by Gasteiger charge is -2.35. The Hall–Kier alpha value is -3.26. The van der Waals surface area contributed by atoms with Crippen molar-refractivity contribution in [3.63, 3.8) is 0 Å². The molecular formula is C34H32O2. The normalized spacial score (nSPS) is 31.0. The second-order valence-electron chi connectivity index (χ2n) is 11.8. The van der Waals surface area contributed by atoms with Crippen molar-refractivity contribution in [1.29, 1.82) is 0 Å². The van der Waals surface area contributed by atoms with E-state index in [0.29, 0.717) is 53.8 Å². The number of hydrogen-bond donors (Lipinski definition) is 0. The molecule has 7 atom stereocenters. The van der Waals surface area contributed by atoms with Gasteiger partial charge in [-0.05, 0) is 88.0 Å². The monoisotopic (exact) mass is 472 g/mol. The molecule has 0 heterocycles. The van der Waals surface area contributed by atoms with Gasteiger partial charge in [0.25, 0.3) is 0 Å². The van der Waals surface area contributed by atoms with Gasteiger partial charge >= 0.3 is 0 Å². The molecule has 2 bridgehead atoms. The Labute approximate surface area is 213 Å². The molecule has 3 saturated carbocycles. The summed E-state index contributed by atoms with van der Waals surface area (Å²) in [6, 6.07) is 21.7. The molecule has 180 valence electrons. The predicted octanol–water partition coefficient (Wildman–Crippen LogP) is 7.52. The Kier molecular flexibility index (Phi) is 4.80. The van der Waals surface area contributed by atoms with Gasteiger partial charge in [-0.25, -0.2) is 0 Å². The van der Waals surface area contributed by atoms with Crippen LogP contribution in [-0.4, -0.2) is 11.6 Å². The van der Waals surface area contributed by atoms with E-state index in [1.807, 2.05) is 6.92 Å². The van der Waals surface area contributed by atoms with Crippen molar-refractivity contribution in [2.24, 2.45) is 35.5 Å². The van der Waals surface area contributed by atoms with Crippen molar-refractivity contribution in [2.45, 2.75) is 38.5 Å². The van der Waals surface area contributed by atoms with Crippen LogP contribution < -0.4 is 0 Å². The topological polar surface area (TPSA) is 34.1 Å². The average Bonchev–Trinajstić information content (AvgIpc) is 3.50. The lowest BCUT2D eigenvalue weighted by molar-refractivity contribution is -0.128. The molecule has 4 aliphatic carbocycles. The van der Waals surface area contributed by atoms with Crippen molar-refractivity contribution in [3.8, 4) is 11.1 Å². The first-order valence-corrected chi connectivity index (χ1v) is 13.4. The van der Waals surface area contributed by atoms with Crippen LogP contribution in [0.3, 0.4) is 0 Å². The lowest BCUT2D eigenvalue weighted by Crippen LogP contribution is -2.36. The first kappa shape index (κ1) is 22.0. The van der Waals surface area contributed by atoms with Crippen molar-refractivity contribution in [2.75, 3.05) is 0 Å². The first-order chi connectivity index (χ1) is 17.4. The molecule has 0 aliphatic heterocycles. The Morgan fingerprint density at radius 1 is 0.861 bits per heavy atom. The molecule has 2 heteroatoms. The molecule has 0 saturated heterocycles. The summed E-state index contributed by atoms with van der Waals surface area (Å²) in [5.74, 6) is 2.58. The van der Waals surface area contributed by atoms with Gasteiger partial charge in [0.2, 0.25) is 0 Å². The number of Topliss-reactive ketones (excluding diaryl/α,β-unsaturated/α-hetero) is 2. The summed E-state index contributed by atoms with van der Waals surface area (Å²) in [5.41, 5.74) is 6.95. The van der Waals surface area contributed by atoms with E-state index in [9.17, 15) is 9.59 Å². The largest absolute Gasteiger partial charge is 0.299 e. The average molecular weight is 473 g/mol. The number of rotatable bonds is 6. The third-order valence-corrected chi connectivity index (χ3v) is 10.1. The summed E-state index contributed by atoms with van der Waals surface area (Å²) in [6.45, 7) is 10.1. The molecule has 3 aromatic rings. The zero-order chi connectivity index (χ0) is 24.7. The fraction of sp³-hybridized carbons (Fsp3) is 0.353. The minimum absolute atomic E-state index is 0.00714. The Morgan fingerprint density at radius 3 is 2.39 bits per heavy atom. The first-order valence-electron chi connectivity index (χ1n) is 13.4. The third kappa shape index (κ3) is 2.97. The number of carbonyl (C=O) groups excluding carboxylic acids is 2. The Morgan fingerprint density at radius 2 is 1.58 bits per heavy atom. The molecule has 0 N–H and O–H groups in total. The van der Waals surface area contributed by atoms with Crippen LogP contribution in [0.5, 0.6) is 0 Å². The quantitative estimate of drug-likeness (QED) is 0.275. The minimum atomic E-state index is 0.00714. The summed E-state index contributed by atoms with van der Waals surface area (Å²) in [6.07, 6.45) is 3.14. The number of ketones is 2. The summed E-state index contributed by atoms with van der Waals surface area (Å²) >= 11 is 0. The van der Waals surface area contributed by atoms with Crippen LogP contribution in [0.15, 0.2) is 85.0 Å². The number of hydrogen-bond acceptors (Lipinski definition) is 2. The zero-order valence-corrected chi connectivity index (χ0v) is 20.9. The zero-order valence-electron chi connectivity index (χ0n) is 20.9. The molecule has 0 radical (unpaired) electrons. The van der Waals surface area contributed by atoms with Crippen LogP contribution in [0.1, 0.15) is 49.7 Å². The highest BCUT2D eigenvalue weighted by Gasteiger charge is 2.63. The second kappa shape index (κ2) is 7.87. The maximum Gasteiger partial charge on any atom is 0.158 e. The fourth-order valence-electron chi connectivity index (χ4n) is 8.74. The van der Waals surface area contributed by atoms with Gasteiger partial charge in [0, 0.05) is 24.7 Å². The highest BCUT2D eigenvalue weighted by molar-refractivity contribution is 6.03. The van der Waals surface area contributed by atoms with E-state index in [2.05, 4.69) is 73.8 Å². The highest BCUT2D eigenvalue weighted by Crippen LogP contribution is 2.68. The maximum atomic E-state index is 14.3. The standard InChI is InChI=1S/C34H32O2/c1-18(2)30(35)16-27-25-14-19(3)32-28(25)15-29(27)34(32)31(36)17-26-22-11-5-4-10-21(22)23-12-6-8-20-9-7-13-24(26)33(20)23/h4-13,25-29,32,34H,1,3,14-17H2,2H3. The van der Waals surface area contributed by atoms with Crippen molar-refractivity contribution in [1.82, 2.24) is 0 Å². The van der Waals surface area contributed by atoms with Gasteiger partial charge < -0.3 is 0 Å². The molecule has 0 aromatic heterocycles. The van der Waals surface area contributed by atoms with Crippen molar-refractivity contribution < 1.29 is 9.59 Å². The van der Waals surface area contributed by atoms with E-state index in [1.165, 1.54) is 38.6 Å². The van der Waals surface area contributed by atoms with Crippen molar-refractivity contribution >= 4 is 22.3 Å². The fourth-order valence-corrected chi connectivity index (χ4v) is 8.74. The summed E-state index contributed by atoms with van der Waals surface area (Å²) < 4.78 is 0. The van der Waals surface area contributed by atoms with Gasteiger partial charge in [-0.3, -0.25) is 9.59 Å². The predicted molar refractivity (Wildman–Crippen MR) is 145 cm³/mol. The van der Waals surface area contributed by atoms with Gasteiger partial charge in [-0.15, -0.1) is 0 Å².